The predicted molar refractivity (Wildman–Crippen MR) is 80.8 cm³/mol. The fourth-order valence-corrected chi connectivity index (χ4v) is 3.56. The lowest BCUT2D eigenvalue weighted by molar-refractivity contribution is 0.0933. The topological polar surface area (TPSA) is 54.0 Å². The van der Waals surface area contributed by atoms with Crippen LogP contribution in [0, 0.1) is 0 Å². The maximum Gasteiger partial charge on any atom is 0.270 e. The maximum atomic E-state index is 12.1. The first-order valence-electron chi connectivity index (χ1n) is 6.80. The highest BCUT2D eigenvalue weighted by Crippen LogP contribution is 2.29. The Morgan fingerprint density at radius 1 is 1.47 bits per heavy atom. The van der Waals surface area contributed by atoms with E-state index in [4.69, 9.17) is 0 Å². The monoisotopic (exact) mass is 279 g/mol. The van der Waals surface area contributed by atoms with Crippen molar-refractivity contribution in [2.45, 2.75) is 37.5 Å². The van der Waals surface area contributed by atoms with Gasteiger partial charge >= 0.3 is 0 Å². The molecule has 19 heavy (non-hydrogen) atoms. The SMILES string of the molecule is CCSC1CCC(NC(=O)c2cccc(NC)n2)C1. The van der Waals surface area contributed by atoms with Gasteiger partial charge in [-0.25, -0.2) is 4.98 Å². The highest BCUT2D eigenvalue weighted by atomic mass is 32.2. The molecule has 5 heteroatoms. The van der Waals surface area contributed by atoms with E-state index in [2.05, 4.69) is 22.5 Å². The van der Waals surface area contributed by atoms with Crippen LogP contribution in [0.4, 0.5) is 5.82 Å². The molecule has 0 bridgehead atoms. The predicted octanol–water partition coefficient (Wildman–Crippen LogP) is 2.53. The standard InChI is InChI=1S/C14H21N3OS/c1-3-19-11-8-7-10(9-11)16-14(18)12-5-4-6-13(15-2)17-12/h4-6,10-11H,3,7-9H2,1-2H3,(H,15,17)(H,16,18). The molecule has 0 radical (unpaired) electrons. The van der Waals surface area contributed by atoms with Gasteiger partial charge in [0.25, 0.3) is 5.91 Å². The molecule has 2 N–H and O–H groups in total. The number of thioether (sulfide) groups is 1. The van der Waals surface area contributed by atoms with Gasteiger partial charge < -0.3 is 10.6 Å². The minimum atomic E-state index is -0.0655. The average Bonchev–Trinajstić information content (AvgIpc) is 2.86. The van der Waals surface area contributed by atoms with Crippen molar-refractivity contribution in [3.05, 3.63) is 23.9 Å². The Morgan fingerprint density at radius 3 is 3.05 bits per heavy atom. The molecule has 1 aliphatic rings. The number of anilines is 1. The third-order valence-corrected chi connectivity index (χ3v) is 4.59. The van der Waals surface area contributed by atoms with Gasteiger partial charge in [-0.05, 0) is 37.1 Å². The van der Waals surface area contributed by atoms with Gasteiger partial charge in [0.2, 0.25) is 0 Å². The zero-order valence-electron chi connectivity index (χ0n) is 11.5. The summed E-state index contributed by atoms with van der Waals surface area (Å²) < 4.78 is 0. The lowest BCUT2D eigenvalue weighted by Gasteiger charge is -2.13. The average molecular weight is 279 g/mol. The van der Waals surface area contributed by atoms with Gasteiger partial charge in [-0.1, -0.05) is 13.0 Å². The number of carbonyl (C=O) groups is 1. The number of hydrogen-bond donors (Lipinski definition) is 2. The molecule has 1 heterocycles. The second-order valence-corrected chi connectivity index (χ2v) is 6.30. The van der Waals surface area contributed by atoms with E-state index in [-0.39, 0.29) is 5.91 Å². The zero-order valence-corrected chi connectivity index (χ0v) is 12.3. The van der Waals surface area contributed by atoms with Crippen LogP contribution < -0.4 is 10.6 Å². The number of carbonyl (C=O) groups excluding carboxylic acids is 1. The van der Waals surface area contributed by atoms with E-state index in [1.807, 2.05) is 23.9 Å². The van der Waals surface area contributed by atoms with Gasteiger partial charge in [-0.15, -0.1) is 0 Å². The number of rotatable bonds is 5. The van der Waals surface area contributed by atoms with Crippen molar-refractivity contribution in [3.63, 3.8) is 0 Å². The molecule has 4 nitrogen and oxygen atoms in total. The lowest BCUT2D eigenvalue weighted by atomic mass is 10.2. The fraction of sp³-hybridized carbons (Fsp3) is 0.571. The van der Waals surface area contributed by atoms with E-state index in [1.165, 1.54) is 6.42 Å². The van der Waals surface area contributed by atoms with Crippen LogP contribution in [0.2, 0.25) is 0 Å². The summed E-state index contributed by atoms with van der Waals surface area (Å²) >= 11 is 1.99. The van der Waals surface area contributed by atoms with E-state index in [9.17, 15) is 4.79 Å². The van der Waals surface area contributed by atoms with Crippen molar-refractivity contribution >= 4 is 23.5 Å². The Kier molecular flexibility index (Phi) is 5.07. The molecule has 2 unspecified atom stereocenters. The molecule has 0 spiro atoms. The highest BCUT2D eigenvalue weighted by molar-refractivity contribution is 7.99. The molecule has 0 aliphatic heterocycles. The van der Waals surface area contributed by atoms with Crippen LogP contribution in [0.5, 0.6) is 0 Å². The van der Waals surface area contributed by atoms with Crippen LogP contribution in [0.3, 0.4) is 0 Å². The van der Waals surface area contributed by atoms with Crippen molar-refractivity contribution in [2.24, 2.45) is 0 Å². The summed E-state index contributed by atoms with van der Waals surface area (Å²) in [6.45, 7) is 2.18. The molecule has 104 valence electrons. The van der Waals surface area contributed by atoms with Crippen LogP contribution in [0.1, 0.15) is 36.7 Å². The Balaban J connectivity index is 1.90. The fourth-order valence-electron chi connectivity index (χ4n) is 2.42. The number of nitrogens with one attached hydrogen (secondary N) is 2. The molecule has 1 amide bonds. The number of aromatic nitrogens is 1. The molecule has 1 aliphatic carbocycles. The van der Waals surface area contributed by atoms with E-state index in [0.29, 0.717) is 17.0 Å². The summed E-state index contributed by atoms with van der Waals surface area (Å²) in [5.41, 5.74) is 0.485. The first kappa shape index (κ1) is 14.2. The molecule has 2 rings (SSSR count). The summed E-state index contributed by atoms with van der Waals surface area (Å²) in [7, 11) is 1.80. The Morgan fingerprint density at radius 2 is 2.32 bits per heavy atom. The number of nitrogens with zero attached hydrogens (tertiary/aromatic N) is 1. The van der Waals surface area contributed by atoms with Crippen molar-refractivity contribution in [1.29, 1.82) is 0 Å². The second-order valence-electron chi connectivity index (χ2n) is 4.72. The minimum absolute atomic E-state index is 0.0655. The smallest absolute Gasteiger partial charge is 0.270 e. The first-order valence-corrected chi connectivity index (χ1v) is 7.85. The molecule has 2 atom stereocenters. The molecular formula is C14H21N3OS. The van der Waals surface area contributed by atoms with E-state index < -0.39 is 0 Å². The van der Waals surface area contributed by atoms with Crippen molar-refractivity contribution < 1.29 is 4.79 Å². The third kappa shape index (κ3) is 3.86. The van der Waals surface area contributed by atoms with Crippen molar-refractivity contribution in [2.75, 3.05) is 18.1 Å². The van der Waals surface area contributed by atoms with E-state index >= 15 is 0 Å². The van der Waals surface area contributed by atoms with Crippen LogP contribution in [-0.2, 0) is 0 Å². The highest BCUT2D eigenvalue weighted by Gasteiger charge is 2.26. The van der Waals surface area contributed by atoms with Crippen molar-refractivity contribution in [3.8, 4) is 0 Å². The summed E-state index contributed by atoms with van der Waals surface area (Å²) in [5, 5.41) is 6.74. The molecule has 0 aromatic carbocycles. The van der Waals surface area contributed by atoms with Gasteiger partial charge in [0.15, 0.2) is 0 Å². The number of pyridine rings is 1. The lowest BCUT2D eigenvalue weighted by Crippen LogP contribution is -2.33. The Bertz CT molecular complexity index is 438. The van der Waals surface area contributed by atoms with Crippen LogP contribution >= 0.6 is 11.8 Å². The second kappa shape index (κ2) is 6.80. The minimum Gasteiger partial charge on any atom is -0.373 e. The summed E-state index contributed by atoms with van der Waals surface area (Å²) in [4.78, 5) is 16.4. The molecule has 1 fully saturated rings. The van der Waals surface area contributed by atoms with Gasteiger partial charge in [-0.2, -0.15) is 11.8 Å². The zero-order chi connectivity index (χ0) is 13.7. The molecule has 1 saturated carbocycles. The van der Waals surface area contributed by atoms with Gasteiger partial charge in [0.05, 0.1) is 0 Å². The van der Waals surface area contributed by atoms with Crippen LogP contribution in [0.15, 0.2) is 18.2 Å². The first-order chi connectivity index (χ1) is 9.22. The molecular weight excluding hydrogens is 258 g/mol. The molecule has 0 saturated heterocycles. The quantitative estimate of drug-likeness (QED) is 0.869. The van der Waals surface area contributed by atoms with Gasteiger partial charge in [-0.3, -0.25) is 4.79 Å². The van der Waals surface area contributed by atoms with Gasteiger partial charge in [0, 0.05) is 18.3 Å². The summed E-state index contributed by atoms with van der Waals surface area (Å²) in [5.74, 6) is 1.81. The normalized spacial score (nSPS) is 22.2. The van der Waals surface area contributed by atoms with Crippen LogP contribution in [-0.4, -0.2) is 35.0 Å². The van der Waals surface area contributed by atoms with E-state index in [1.54, 1.807) is 13.1 Å². The summed E-state index contributed by atoms with van der Waals surface area (Å²) in [6.07, 6.45) is 3.36. The van der Waals surface area contributed by atoms with Gasteiger partial charge in [0.1, 0.15) is 11.5 Å². The van der Waals surface area contributed by atoms with E-state index in [0.717, 1.165) is 24.4 Å². The number of hydrogen-bond acceptors (Lipinski definition) is 4. The Hall–Kier alpha value is -1.23. The van der Waals surface area contributed by atoms with Crippen LogP contribution in [0.25, 0.3) is 0 Å². The molecule has 1 aromatic rings. The maximum absolute atomic E-state index is 12.1. The number of amides is 1. The van der Waals surface area contributed by atoms with Crippen molar-refractivity contribution in [1.82, 2.24) is 10.3 Å². The third-order valence-electron chi connectivity index (χ3n) is 3.36. The summed E-state index contributed by atoms with van der Waals surface area (Å²) in [6, 6.07) is 5.75. The Labute approximate surface area is 118 Å². The largest absolute Gasteiger partial charge is 0.373 e. The molecule has 1 aromatic heterocycles.